The normalized spacial score (nSPS) is 16.1. The van der Waals surface area contributed by atoms with Crippen molar-refractivity contribution in [2.24, 2.45) is 0 Å². The molecule has 0 aromatic carbocycles. The van der Waals surface area contributed by atoms with E-state index in [1.54, 1.807) is 0 Å². The quantitative estimate of drug-likeness (QED) is 0.809. The molecule has 1 aliphatic rings. The molecule has 1 N–H and O–H groups in total. The fourth-order valence-electron chi connectivity index (χ4n) is 1.91. The number of aromatic nitrogens is 1. The van der Waals surface area contributed by atoms with Crippen LogP contribution in [0.4, 0.5) is 5.82 Å². The van der Waals surface area contributed by atoms with E-state index in [1.165, 1.54) is 6.42 Å². The molecule has 0 spiro atoms. The number of nitrogens with zero attached hydrogens (tertiary/aromatic N) is 2. The molecule has 1 fully saturated rings. The summed E-state index contributed by atoms with van der Waals surface area (Å²) in [6.45, 7) is 7.55. The highest BCUT2D eigenvalue weighted by Gasteiger charge is 2.24. The van der Waals surface area contributed by atoms with Crippen molar-refractivity contribution in [2.75, 3.05) is 24.5 Å². The van der Waals surface area contributed by atoms with Gasteiger partial charge in [0.15, 0.2) is 0 Å². The van der Waals surface area contributed by atoms with Gasteiger partial charge in [-0.25, -0.2) is 4.98 Å². The third-order valence-corrected chi connectivity index (χ3v) is 2.83. The van der Waals surface area contributed by atoms with Crippen LogP contribution in [0.25, 0.3) is 0 Å². The highest BCUT2D eigenvalue weighted by Crippen LogP contribution is 2.17. The zero-order chi connectivity index (χ0) is 10.7. The second kappa shape index (κ2) is 4.62. The Bertz CT molecular complexity index is 320. The number of hydrogen-bond acceptors (Lipinski definition) is 3. The van der Waals surface area contributed by atoms with Crippen LogP contribution in [-0.4, -0.2) is 30.7 Å². The Kier molecular flexibility index (Phi) is 3.21. The highest BCUT2D eigenvalue weighted by molar-refractivity contribution is 5.41. The molecule has 0 aliphatic carbocycles. The molecule has 82 valence electrons. The lowest BCUT2D eigenvalue weighted by Gasteiger charge is -2.39. The molecular formula is C12H19N3. The maximum absolute atomic E-state index is 4.59. The van der Waals surface area contributed by atoms with Crippen molar-refractivity contribution in [1.29, 1.82) is 0 Å². The predicted octanol–water partition coefficient (Wildman–Crippen LogP) is 1.58. The molecule has 0 bridgehead atoms. The van der Waals surface area contributed by atoms with Crippen LogP contribution in [-0.2, 0) is 0 Å². The Balaban J connectivity index is 2.15. The molecule has 1 aromatic heterocycles. The van der Waals surface area contributed by atoms with Gasteiger partial charge in [-0.1, -0.05) is 13.0 Å². The van der Waals surface area contributed by atoms with Gasteiger partial charge < -0.3 is 10.2 Å². The zero-order valence-corrected chi connectivity index (χ0v) is 9.53. The Morgan fingerprint density at radius 1 is 1.47 bits per heavy atom. The van der Waals surface area contributed by atoms with Crippen LogP contribution >= 0.6 is 0 Å². The molecule has 3 nitrogen and oxygen atoms in total. The van der Waals surface area contributed by atoms with E-state index >= 15 is 0 Å². The van der Waals surface area contributed by atoms with E-state index in [-0.39, 0.29) is 0 Å². The molecule has 2 rings (SSSR count). The molecule has 0 saturated carbocycles. The van der Waals surface area contributed by atoms with Gasteiger partial charge in [0.05, 0.1) is 6.04 Å². The first-order chi connectivity index (χ1) is 7.31. The molecule has 0 unspecified atom stereocenters. The van der Waals surface area contributed by atoms with Gasteiger partial charge in [0.25, 0.3) is 0 Å². The topological polar surface area (TPSA) is 28.2 Å². The van der Waals surface area contributed by atoms with E-state index in [1.807, 2.05) is 13.0 Å². The van der Waals surface area contributed by atoms with E-state index in [0.717, 1.165) is 31.1 Å². The van der Waals surface area contributed by atoms with Crippen molar-refractivity contribution in [2.45, 2.75) is 26.3 Å². The summed E-state index contributed by atoms with van der Waals surface area (Å²) in [5, 5.41) is 3.32. The Morgan fingerprint density at radius 2 is 2.27 bits per heavy atom. The number of anilines is 1. The summed E-state index contributed by atoms with van der Waals surface area (Å²) in [4.78, 5) is 7.01. The lowest BCUT2D eigenvalue weighted by atomic mass is 10.1. The van der Waals surface area contributed by atoms with Crippen LogP contribution in [0.15, 0.2) is 18.2 Å². The van der Waals surface area contributed by atoms with Crippen molar-refractivity contribution in [3.8, 4) is 0 Å². The minimum absolute atomic E-state index is 0.638. The van der Waals surface area contributed by atoms with Crippen LogP contribution in [0, 0.1) is 6.92 Å². The van der Waals surface area contributed by atoms with Crippen LogP contribution in [0.5, 0.6) is 0 Å². The van der Waals surface area contributed by atoms with E-state index in [9.17, 15) is 0 Å². The third kappa shape index (κ3) is 2.29. The number of pyridine rings is 1. The molecule has 3 heteroatoms. The van der Waals surface area contributed by atoms with Gasteiger partial charge in [-0.3, -0.25) is 0 Å². The number of aryl methyl sites for hydroxylation is 1. The minimum atomic E-state index is 0.638. The number of hydrogen-bond donors (Lipinski definition) is 1. The van der Waals surface area contributed by atoms with E-state index in [4.69, 9.17) is 0 Å². The van der Waals surface area contributed by atoms with Crippen molar-refractivity contribution >= 4 is 5.82 Å². The maximum atomic E-state index is 4.59. The van der Waals surface area contributed by atoms with Crippen LogP contribution < -0.4 is 10.2 Å². The first kappa shape index (κ1) is 10.4. The monoisotopic (exact) mass is 205 g/mol. The van der Waals surface area contributed by atoms with Crippen molar-refractivity contribution in [3.05, 3.63) is 23.9 Å². The van der Waals surface area contributed by atoms with Gasteiger partial charge in [0.1, 0.15) is 5.82 Å². The summed E-state index contributed by atoms with van der Waals surface area (Å²) in [7, 11) is 0. The van der Waals surface area contributed by atoms with Crippen molar-refractivity contribution in [3.63, 3.8) is 0 Å². The van der Waals surface area contributed by atoms with Gasteiger partial charge >= 0.3 is 0 Å². The Morgan fingerprint density at radius 3 is 2.80 bits per heavy atom. The van der Waals surface area contributed by atoms with Crippen LogP contribution in [0.3, 0.4) is 0 Å². The first-order valence-corrected chi connectivity index (χ1v) is 5.72. The molecule has 0 atom stereocenters. The molecule has 1 aliphatic heterocycles. The smallest absolute Gasteiger partial charge is 0.129 e. The molecule has 2 heterocycles. The van der Waals surface area contributed by atoms with Gasteiger partial charge in [-0.2, -0.15) is 0 Å². The van der Waals surface area contributed by atoms with Gasteiger partial charge in [-0.05, 0) is 25.5 Å². The summed E-state index contributed by atoms with van der Waals surface area (Å²) >= 11 is 0. The standard InChI is InChI=1S/C12H19N3/c1-3-7-15(11-8-13-9-11)12-6-4-5-10(2)14-12/h4-6,11,13H,3,7-9H2,1-2H3. The van der Waals surface area contributed by atoms with E-state index < -0.39 is 0 Å². The lowest BCUT2D eigenvalue weighted by molar-refractivity contribution is 0.410. The fraction of sp³-hybridized carbons (Fsp3) is 0.583. The lowest BCUT2D eigenvalue weighted by Crippen LogP contribution is -2.57. The van der Waals surface area contributed by atoms with Gasteiger partial charge in [-0.15, -0.1) is 0 Å². The van der Waals surface area contributed by atoms with Gasteiger partial charge in [0.2, 0.25) is 0 Å². The number of rotatable bonds is 4. The Hall–Kier alpha value is -1.09. The Labute approximate surface area is 91.5 Å². The fourth-order valence-corrected chi connectivity index (χ4v) is 1.91. The molecule has 0 amide bonds. The van der Waals surface area contributed by atoms with Crippen LogP contribution in [0.2, 0.25) is 0 Å². The molecular weight excluding hydrogens is 186 g/mol. The summed E-state index contributed by atoms with van der Waals surface area (Å²) in [5.74, 6) is 1.13. The van der Waals surface area contributed by atoms with Crippen LogP contribution in [0.1, 0.15) is 19.0 Å². The first-order valence-electron chi connectivity index (χ1n) is 5.72. The van der Waals surface area contributed by atoms with E-state index in [0.29, 0.717) is 6.04 Å². The SMILES string of the molecule is CCCN(c1cccc(C)n1)C1CNC1. The highest BCUT2D eigenvalue weighted by atomic mass is 15.3. The molecule has 0 radical (unpaired) electrons. The van der Waals surface area contributed by atoms with Gasteiger partial charge in [0, 0.05) is 25.3 Å². The molecule has 1 aromatic rings. The maximum Gasteiger partial charge on any atom is 0.129 e. The third-order valence-electron chi connectivity index (χ3n) is 2.83. The molecule has 1 saturated heterocycles. The van der Waals surface area contributed by atoms with Crippen molar-refractivity contribution < 1.29 is 0 Å². The molecule has 15 heavy (non-hydrogen) atoms. The summed E-state index contributed by atoms with van der Waals surface area (Å²) in [6.07, 6.45) is 1.17. The zero-order valence-electron chi connectivity index (χ0n) is 9.53. The second-order valence-corrected chi connectivity index (χ2v) is 4.14. The van der Waals surface area contributed by atoms with Crippen molar-refractivity contribution in [1.82, 2.24) is 10.3 Å². The predicted molar refractivity (Wildman–Crippen MR) is 63.3 cm³/mol. The average molecular weight is 205 g/mol. The summed E-state index contributed by atoms with van der Waals surface area (Å²) < 4.78 is 0. The number of nitrogens with one attached hydrogen (secondary N) is 1. The minimum Gasteiger partial charge on any atom is -0.351 e. The van der Waals surface area contributed by atoms with E-state index in [2.05, 4.69) is 34.3 Å². The average Bonchev–Trinajstić information content (AvgIpc) is 2.14. The summed E-state index contributed by atoms with van der Waals surface area (Å²) in [6, 6.07) is 6.89. The largest absolute Gasteiger partial charge is 0.351 e. The summed E-state index contributed by atoms with van der Waals surface area (Å²) in [5.41, 5.74) is 1.10. The second-order valence-electron chi connectivity index (χ2n) is 4.14.